The Balaban J connectivity index is 2.05. The van der Waals surface area contributed by atoms with E-state index in [1.807, 2.05) is 67.6 Å². The van der Waals surface area contributed by atoms with Crippen LogP contribution in [0.2, 0.25) is 0 Å². The Morgan fingerprint density at radius 1 is 1.05 bits per heavy atom. The lowest BCUT2D eigenvalue weighted by Gasteiger charge is -2.26. The minimum Gasteiger partial charge on any atom is -0.325 e. The summed E-state index contributed by atoms with van der Waals surface area (Å²) >= 11 is 0. The molecule has 2 aromatic rings. The van der Waals surface area contributed by atoms with Gasteiger partial charge >= 0.3 is 0 Å². The summed E-state index contributed by atoms with van der Waals surface area (Å²) in [7, 11) is 0. The van der Waals surface area contributed by atoms with Crippen LogP contribution in [0.1, 0.15) is 22.6 Å². The van der Waals surface area contributed by atoms with E-state index in [0.717, 1.165) is 16.8 Å². The monoisotopic (exact) mass is 288 g/mol. The minimum absolute atomic E-state index is 0.226. The molecule has 0 unspecified atom stereocenters. The van der Waals surface area contributed by atoms with E-state index in [2.05, 4.69) is 11.4 Å². The van der Waals surface area contributed by atoms with E-state index in [-0.39, 0.29) is 11.8 Å². The molecule has 2 aromatic carbocycles. The van der Waals surface area contributed by atoms with E-state index in [1.54, 1.807) is 0 Å². The number of hydrogen-bond donors (Lipinski definition) is 1. The lowest BCUT2D eigenvalue weighted by molar-refractivity contribution is -0.122. The van der Waals surface area contributed by atoms with Crippen molar-refractivity contribution in [3.05, 3.63) is 77.4 Å². The van der Waals surface area contributed by atoms with Crippen molar-refractivity contribution in [3.8, 4) is 6.07 Å². The maximum absolute atomic E-state index is 12.3. The van der Waals surface area contributed by atoms with Gasteiger partial charge in [0.25, 0.3) is 0 Å². The van der Waals surface area contributed by atoms with Crippen molar-refractivity contribution < 1.29 is 4.79 Å². The maximum atomic E-state index is 12.3. The van der Waals surface area contributed by atoms with Crippen LogP contribution in [0, 0.1) is 24.2 Å². The highest BCUT2D eigenvalue weighted by atomic mass is 16.2. The Bertz CT molecular complexity index is 754. The highest BCUT2D eigenvalue weighted by molar-refractivity contribution is 5.93. The van der Waals surface area contributed by atoms with Gasteiger partial charge in [0.1, 0.15) is 5.92 Å². The first kappa shape index (κ1) is 14.1. The Kier molecular flexibility index (Phi) is 3.76. The van der Waals surface area contributed by atoms with Gasteiger partial charge in [0, 0.05) is 11.6 Å². The lowest BCUT2D eigenvalue weighted by Crippen LogP contribution is -2.36. The summed E-state index contributed by atoms with van der Waals surface area (Å²) in [6, 6.07) is 19.8. The minimum atomic E-state index is -0.698. The summed E-state index contributed by atoms with van der Waals surface area (Å²) in [5.74, 6) is -1.16. The van der Waals surface area contributed by atoms with Crippen molar-refractivity contribution in [1.82, 2.24) is 5.32 Å². The van der Waals surface area contributed by atoms with Crippen LogP contribution in [0.25, 0.3) is 5.70 Å². The van der Waals surface area contributed by atoms with E-state index < -0.39 is 5.92 Å². The smallest absolute Gasteiger partial charge is 0.242 e. The number of benzene rings is 2. The molecule has 1 N–H and O–H groups in total. The molecule has 0 saturated carbocycles. The standard InChI is InChI=1S/C19H16N2O/c1-13-7-9-15(10-8-13)18-11-16(14-5-3-2-4-6-14)17(12-20)19(22)21-18/h2-11,16-17H,1H3,(H,21,22)/t16-,17-/m1/s1. The number of carbonyl (C=O) groups is 1. The molecule has 108 valence electrons. The maximum Gasteiger partial charge on any atom is 0.242 e. The fraction of sp³-hybridized carbons (Fsp3) is 0.158. The highest BCUT2D eigenvalue weighted by Crippen LogP contribution is 2.32. The van der Waals surface area contributed by atoms with E-state index in [1.165, 1.54) is 5.56 Å². The van der Waals surface area contributed by atoms with E-state index in [9.17, 15) is 10.1 Å². The molecule has 1 aliphatic heterocycles. The second-order valence-corrected chi connectivity index (χ2v) is 5.48. The molecule has 0 radical (unpaired) electrons. The molecule has 1 aliphatic rings. The molecule has 3 heteroatoms. The van der Waals surface area contributed by atoms with Gasteiger partial charge in [-0.1, -0.05) is 66.2 Å². The number of amides is 1. The molecule has 0 saturated heterocycles. The third-order valence-electron chi connectivity index (χ3n) is 3.93. The Labute approximate surface area is 129 Å². The summed E-state index contributed by atoms with van der Waals surface area (Å²) in [6.45, 7) is 2.02. The van der Waals surface area contributed by atoms with Crippen LogP contribution >= 0.6 is 0 Å². The average molecular weight is 288 g/mol. The van der Waals surface area contributed by atoms with Crippen LogP contribution in [0.4, 0.5) is 0 Å². The predicted octanol–water partition coefficient (Wildman–Crippen LogP) is 3.39. The van der Waals surface area contributed by atoms with Gasteiger partial charge in [0.05, 0.1) is 6.07 Å². The Morgan fingerprint density at radius 2 is 1.73 bits per heavy atom. The Morgan fingerprint density at radius 3 is 2.36 bits per heavy atom. The first-order valence-corrected chi connectivity index (χ1v) is 7.23. The summed E-state index contributed by atoms with van der Waals surface area (Å²) in [5.41, 5.74) is 3.87. The zero-order valence-corrected chi connectivity index (χ0v) is 12.3. The van der Waals surface area contributed by atoms with Gasteiger partial charge in [-0.05, 0) is 18.1 Å². The summed E-state index contributed by atoms with van der Waals surface area (Å²) in [6.07, 6.45) is 1.98. The van der Waals surface area contributed by atoms with Gasteiger partial charge in [0.15, 0.2) is 0 Å². The van der Waals surface area contributed by atoms with Crippen LogP contribution in [0.3, 0.4) is 0 Å². The van der Waals surface area contributed by atoms with E-state index in [4.69, 9.17) is 0 Å². The SMILES string of the molecule is Cc1ccc(C2=C[C@H](c3ccccc3)[C@@H](C#N)C(=O)N2)cc1. The molecule has 0 fully saturated rings. The first-order valence-electron chi connectivity index (χ1n) is 7.23. The number of nitriles is 1. The third-order valence-corrected chi connectivity index (χ3v) is 3.93. The van der Waals surface area contributed by atoms with Gasteiger partial charge in [-0.25, -0.2) is 0 Å². The van der Waals surface area contributed by atoms with E-state index >= 15 is 0 Å². The van der Waals surface area contributed by atoms with Crippen molar-refractivity contribution >= 4 is 11.6 Å². The molecule has 0 bridgehead atoms. The predicted molar refractivity (Wildman–Crippen MR) is 85.6 cm³/mol. The quantitative estimate of drug-likeness (QED) is 0.921. The normalized spacial score (nSPS) is 20.7. The summed E-state index contributed by atoms with van der Waals surface area (Å²) < 4.78 is 0. The molecule has 0 aliphatic carbocycles. The largest absolute Gasteiger partial charge is 0.325 e. The fourth-order valence-electron chi connectivity index (χ4n) is 2.70. The molecule has 22 heavy (non-hydrogen) atoms. The fourth-order valence-corrected chi connectivity index (χ4v) is 2.70. The number of carbonyl (C=O) groups excluding carboxylic acids is 1. The van der Waals surface area contributed by atoms with Crippen molar-refractivity contribution in [2.75, 3.05) is 0 Å². The van der Waals surface area contributed by atoms with Crippen LogP contribution in [0.5, 0.6) is 0 Å². The number of nitrogens with one attached hydrogen (secondary N) is 1. The molecule has 2 atom stereocenters. The molecular formula is C19H16N2O. The molecule has 1 amide bonds. The Hall–Kier alpha value is -2.86. The molecule has 0 spiro atoms. The van der Waals surface area contributed by atoms with Crippen LogP contribution in [-0.2, 0) is 4.79 Å². The third kappa shape index (κ3) is 2.64. The molecule has 3 nitrogen and oxygen atoms in total. The summed E-state index contributed by atoms with van der Waals surface area (Å²) in [5, 5.41) is 12.2. The number of nitrogens with zero attached hydrogens (tertiary/aromatic N) is 1. The van der Waals surface area contributed by atoms with Crippen LogP contribution in [-0.4, -0.2) is 5.91 Å². The number of hydrogen-bond acceptors (Lipinski definition) is 2. The van der Waals surface area contributed by atoms with Crippen molar-refractivity contribution in [1.29, 1.82) is 5.26 Å². The van der Waals surface area contributed by atoms with Gasteiger partial charge < -0.3 is 5.32 Å². The van der Waals surface area contributed by atoms with Crippen molar-refractivity contribution in [2.45, 2.75) is 12.8 Å². The summed E-state index contributed by atoms with van der Waals surface area (Å²) in [4.78, 5) is 12.3. The zero-order valence-electron chi connectivity index (χ0n) is 12.3. The molecule has 1 heterocycles. The topological polar surface area (TPSA) is 52.9 Å². The van der Waals surface area contributed by atoms with Crippen molar-refractivity contribution in [3.63, 3.8) is 0 Å². The van der Waals surface area contributed by atoms with E-state index in [0.29, 0.717) is 0 Å². The van der Waals surface area contributed by atoms with Gasteiger partial charge in [-0.15, -0.1) is 0 Å². The van der Waals surface area contributed by atoms with Gasteiger partial charge in [0.2, 0.25) is 5.91 Å². The average Bonchev–Trinajstić information content (AvgIpc) is 2.55. The number of aryl methyl sites for hydroxylation is 1. The zero-order chi connectivity index (χ0) is 15.5. The van der Waals surface area contributed by atoms with Crippen molar-refractivity contribution in [2.24, 2.45) is 5.92 Å². The van der Waals surface area contributed by atoms with Gasteiger partial charge in [-0.3, -0.25) is 4.79 Å². The number of rotatable bonds is 2. The molecule has 0 aromatic heterocycles. The molecular weight excluding hydrogens is 272 g/mol. The van der Waals surface area contributed by atoms with Crippen LogP contribution < -0.4 is 5.32 Å². The first-order chi connectivity index (χ1) is 10.7. The van der Waals surface area contributed by atoms with Gasteiger partial charge in [-0.2, -0.15) is 5.26 Å². The lowest BCUT2D eigenvalue weighted by atomic mass is 9.82. The molecule has 3 rings (SSSR count). The second-order valence-electron chi connectivity index (χ2n) is 5.48. The van der Waals surface area contributed by atoms with Crippen LogP contribution in [0.15, 0.2) is 60.7 Å². The second kappa shape index (κ2) is 5.87. The highest BCUT2D eigenvalue weighted by Gasteiger charge is 2.33. The number of allylic oxidation sites excluding steroid dienone is 1.